The van der Waals surface area contributed by atoms with Crippen molar-refractivity contribution in [2.24, 2.45) is 0 Å². The molecule has 7 nitrogen and oxygen atoms in total. The number of ether oxygens (including phenoxy) is 1. The first kappa shape index (κ1) is 19.3. The fraction of sp³-hybridized carbons (Fsp3) is 0.0909. The number of benzene rings is 2. The molecule has 1 N–H and O–H groups in total. The maximum Gasteiger partial charge on any atom is 0.255 e. The largest absolute Gasteiger partial charge is 0.439 e. The monoisotopic (exact) mass is 403 g/mol. The summed E-state index contributed by atoms with van der Waals surface area (Å²) in [6.45, 7) is 3.42. The third-order valence-electron chi connectivity index (χ3n) is 4.34. The van der Waals surface area contributed by atoms with E-state index in [1.54, 1.807) is 79.6 Å². The van der Waals surface area contributed by atoms with E-state index in [9.17, 15) is 9.18 Å². The first-order valence-electron chi connectivity index (χ1n) is 9.17. The van der Waals surface area contributed by atoms with E-state index in [0.717, 1.165) is 0 Å². The maximum absolute atomic E-state index is 13.7. The van der Waals surface area contributed by atoms with Gasteiger partial charge >= 0.3 is 0 Å². The predicted octanol–water partition coefficient (Wildman–Crippen LogP) is 4.46. The van der Waals surface area contributed by atoms with Gasteiger partial charge in [-0.1, -0.05) is 6.07 Å². The molecule has 0 radical (unpaired) electrons. The van der Waals surface area contributed by atoms with Crippen LogP contribution in [0, 0.1) is 19.7 Å². The molecule has 0 fully saturated rings. The Kier molecular flexibility index (Phi) is 5.21. The average molecular weight is 403 g/mol. The van der Waals surface area contributed by atoms with Gasteiger partial charge in [-0.2, -0.15) is 4.98 Å². The Morgan fingerprint density at radius 3 is 2.57 bits per heavy atom. The molecule has 30 heavy (non-hydrogen) atoms. The Morgan fingerprint density at radius 2 is 1.87 bits per heavy atom. The van der Waals surface area contributed by atoms with Crippen LogP contribution in [0.2, 0.25) is 0 Å². The molecule has 0 saturated carbocycles. The number of amides is 1. The normalized spacial score (nSPS) is 10.6. The van der Waals surface area contributed by atoms with E-state index < -0.39 is 5.82 Å². The van der Waals surface area contributed by atoms with Crippen molar-refractivity contribution in [2.75, 3.05) is 5.32 Å². The highest BCUT2D eigenvalue weighted by Crippen LogP contribution is 2.23. The lowest BCUT2D eigenvalue weighted by molar-refractivity contribution is 0.102. The van der Waals surface area contributed by atoms with E-state index >= 15 is 0 Å². The van der Waals surface area contributed by atoms with Crippen molar-refractivity contribution in [1.29, 1.82) is 0 Å². The van der Waals surface area contributed by atoms with Crippen molar-refractivity contribution in [3.05, 3.63) is 90.0 Å². The van der Waals surface area contributed by atoms with Gasteiger partial charge in [-0.05, 0) is 55.8 Å². The Bertz CT molecular complexity index is 1190. The maximum atomic E-state index is 13.7. The minimum absolute atomic E-state index is 0.252. The predicted molar refractivity (Wildman–Crippen MR) is 109 cm³/mol. The molecule has 0 aliphatic carbocycles. The van der Waals surface area contributed by atoms with Crippen LogP contribution < -0.4 is 10.1 Å². The summed E-state index contributed by atoms with van der Waals surface area (Å²) in [7, 11) is 0. The van der Waals surface area contributed by atoms with Crippen molar-refractivity contribution in [3.8, 4) is 17.4 Å². The van der Waals surface area contributed by atoms with Gasteiger partial charge in [0.2, 0.25) is 5.88 Å². The molecule has 2 heterocycles. The van der Waals surface area contributed by atoms with Crippen LogP contribution in [0.4, 0.5) is 10.1 Å². The van der Waals surface area contributed by atoms with E-state index in [1.165, 1.54) is 6.07 Å². The molecule has 0 bridgehead atoms. The lowest BCUT2D eigenvalue weighted by Crippen LogP contribution is -2.12. The van der Waals surface area contributed by atoms with E-state index in [-0.39, 0.29) is 11.5 Å². The number of halogens is 1. The number of nitrogens with one attached hydrogen (secondary N) is 1. The number of anilines is 1. The molecule has 0 spiro atoms. The van der Waals surface area contributed by atoms with E-state index in [0.29, 0.717) is 34.5 Å². The summed E-state index contributed by atoms with van der Waals surface area (Å²) in [4.78, 5) is 25.0. The van der Waals surface area contributed by atoms with Gasteiger partial charge in [-0.3, -0.25) is 9.36 Å². The first-order valence-corrected chi connectivity index (χ1v) is 9.17. The Morgan fingerprint density at radius 1 is 1.07 bits per heavy atom. The molecule has 150 valence electrons. The molecular weight excluding hydrogens is 385 g/mol. The van der Waals surface area contributed by atoms with Crippen LogP contribution in [-0.4, -0.2) is 25.4 Å². The summed E-state index contributed by atoms with van der Waals surface area (Å²) in [6.07, 6.45) is 5.09. The van der Waals surface area contributed by atoms with Gasteiger partial charge < -0.3 is 10.1 Å². The molecule has 2 aromatic carbocycles. The molecule has 0 aliphatic rings. The number of carbonyl (C=O) groups excluding carboxylic acids is 1. The van der Waals surface area contributed by atoms with Crippen molar-refractivity contribution in [3.63, 3.8) is 0 Å². The molecule has 0 unspecified atom stereocenters. The van der Waals surface area contributed by atoms with Gasteiger partial charge in [-0.15, -0.1) is 0 Å². The fourth-order valence-electron chi connectivity index (χ4n) is 2.77. The molecule has 4 aromatic rings. The second kappa shape index (κ2) is 8.12. The standard InChI is InChI=1S/C22H18FN5O2/c1-14-3-4-16(11-19(14)23)22(29)27-17-5-7-18(8-6-17)30-21-12-20(25-15(2)26-21)28-10-9-24-13-28/h3-13H,1-2H3,(H,27,29). The Balaban J connectivity index is 1.46. The van der Waals surface area contributed by atoms with Gasteiger partial charge in [0, 0.05) is 29.7 Å². The van der Waals surface area contributed by atoms with Gasteiger partial charge in [0.15, 0.2) is 0 Å². The van der Waals surface area contributed by atoms with E-state index in [2.05, 4.69) is 20.3 Å². The quantitative estimate of drug-likeness (QED) is 0.532. The summed E-state index contributed by atoms with van der Waals surface area (Å²) in [5.74, 6) is 1.33. The number of hydrogen-bond acceptors (Lipinski definition) is 5. The number of imidazole rings is 1. The van der Waals surface area contributed by atoms with Crippen molar-refractivity contribution < 1.29 is 13.9 Å². The zero-order valence-electron chi connectivity index (χ0n) is 16.3. The third-order valence-corrected chi connectivity index (χ3v) is 4.34. The molecule has 0 atom stereocenters. The molecular formula is C22H18FN5O2. The zero-order valence-corrected chi connectivity index (χ0v) is 16.3. The zero-order chi connectivity index (χ0) is 21.1. The Hall–Kier alpha value is -4.07. The highest BCUT2D eigenvalue weighted by atomic mass is 19.1. The number of carbonyl (C=O) groups is 1. The molecule has 8 heteroatoms. The number of hydrogen-bond donors (Lipinski definition) is 1. The van der Waals surface area contributed by atoms with Crippen LogP contribution >= 0.6 is 0 Å². The number of nitrogens with zero attached hydrogens (tertiary/aromatic N) is 4. The molecule has 1 amide bonds. The minimum Gasteiger partial charge on any atom is -0.439 e. The summed E-state index contributed by atoms with van der Waals surface area (Å²) in [6, 6.07) is 12.9. The van der Waals surface area contributed by atoms with Crippen molar-refractivity contribution in [1.82, 2.24) is 19.5 Å². The van der Waals surface area contributed by atoms with E-state index in [1.807, 2.05) is 0 Å². The van der Waals surface area contributed by atoms with Crippen LogP contribution in [0.5, 0.6) is 11.6 Å². The van der Waals surface area contributed by atoms with Crippen LogP contribution in [0.15, 0.2) is 67.3 Å². The Labute approximate surface area is 172 Å². The fourth-order valence-corrected chi connectivity index (χ4v) is 2.77. The number of aromatic nitrogens is 4. The second-order valence-corrected chi connectivity index (χ2v) is 6.63. The van der Waals surface area contributed by atoms with E-state index in [4.69, 9.17) is 4.74 Å². The average Bonchev–Trinajstić information content (AvgIpc) is 3.26. The molecule has 0 aliphatic heterocycles. The SMILES string of the molecule is Cc1nc(Oc2ccc(NC(=O)c3ccc(C)c(F)c3)cc2)cc(-n2ccnc2)n1. The molecule has 0 saturated heterocycles. The summed E-state index contributed by atoms with van der Waals surface area (Å²) < 4.78 is 21.3. The summed E-state index contributed by atoms with van der Waals surface area (Å²) in [5, 5.41) is 2.74. The topological polar surface area (TPSA) is 81.9 Å². The lowest BCUT2D eigenvalue weighted by atomic mass is 10.1. The van der Waals surface area contributed by atoms with Gasteiger partial charge in [0.1, 0.15) is 29.5 Å². The number of rotatable bonds is 5. The van der Waals surface area contributed by atoms with Gasteiger partial charge in [0.25, 0.3) is 5.91 Å². The van der Waals surface area contributed by atoms with Crippen molar-refractivity contribution >= 4 is 11.6 Å². The number of aryl methyl sites for hydroxylation is 2. The summed E-state index contributed by atoms with van der Waals surface area (Å²) in [5.41, 5.74) is 1.30. The lowest BCUT2D eigenvalue weighted by Gasteiger charge is -2.10. The van der Waals surface area contributed by atoms with Crippen LogP contribution in [-0.2, 0) is 0 Å². The minimum atomic E-state index is -0.415. The molecule has 4 rings (SSSR count). The smallest absolute Gasteiger partial charge is 0.255 e. The summed E-state index contributed by atoms with van der Waals surface area (Å²) >= 11 is 0. The van der Waals surface area contributed by atoms with Gasteiger partial charge in [-0.25, -0.2) is 14.4 Å². The second-order valence-electron chi connectivity index (χ2n) is 6.63. The van der Waals surface area contributed by atoms with Gasteiger partial charge in [0.05, 0.1) is 0 Å². The third kappa shape index (κ3) is 4.33. The van der Waals surface area contributed by atoms with Crippen LogP contribution in [0.1, 0.15) is 21.7 Å². The highest BCUT2D eigenvalue weighted by molar-refractivity contribution is 6.04. The van der Waals surface area contributed by atoms with Crippen LogP contribution in [0.3, 0.4) is 0 Å². The van der Waals surface area contributed by atoms with Crippen molar-refractivity contribution in [2.45, 2.75) is 13.8 Å². The highest BCUT2D eigenvalue weighted by Gasteiger charge is 2.10. The van der Waals surface area contributed by atoms with Crippen LogP contribution in [0.25, 0.3) is 5.82 Å². The molecule has 2 aromatic heterocycles. The first-order chi connectivity index (χ1) is 14.5.